The Balaban J connectivity index is 2.66. The molecule has 1 nitrogen and oxygen atoms in total. The Morgan fingerprint density at radius 2 is 2.50 bits per heavy atom. The van der Waals surface area contributed by atoms with Crippen LogP contribution in [0.25, 0.3) is 0 Å². The highest BCUT2D eigenvalue weighted by atomic mass is 32.1. The quantitative estimate of drug-likeness (QED) is 0.331. The first kappa shape index (κ1) is 7.00. The highest BCUT2D eigenvalue weighted by molar-refractivity contribution is 7.80. The molecule has 1 aliphatic rings. The molecule has 0 amide bonds. The molecule has 0 aromatic rings. The number of allylic oxidation sites excluding steroid dienone is 5. The van der Waals surface area contributed by atoms with Gasteiger partial charge in [0.15, 0.2) is 5.70 Å². The average Bonchev–Trinajstić information content (AvgIpc) is 2.03. The number of hydrogen-bond acceptors (Lipinski definition) is 2. The fourth-order valence-corrected chi connectivity index (χ4v) is 0.642. The molecule has 0 unspecified atom stereocenters. The van der Waals surface area contributed by atoms with Crippen molar-refractivity contribution in [2.45, 2.75) is 0 Å². The summed E-state index contributed by atoms with van der Waals surface area (Å²) < 4.78 is 0. The maximum atomic E-state index is 4.57. The maximum Gasteiger partial charge on any atom is 0.174 e. The minimum absolute atomic E-state index is 0.903. The van der Waals surface area contributed by atoms with Gasteiger partial charge in [0.2, 0.25) is 0 Å². The summed E-state index contributed by atoms with van der Waals surface area (Å²) in [5, 5.41) is 1.48. The summed E-state index contributed by atoms with van der Waals surface area (Å²) >= 11 is 4.57. The molecular formula is C8H6NS+. The van der Waals surface area contributed by atoms with Gasteiger partial charge in [-0.1, -0.05) is 12.2 Å². The third kappa shape index (κ3) is 2.02. The van der Waals surface area contributed by atoms with Gasteiger partial charge >= 0.3 is 0 Å². The van der Waals surface area contributed by atoms with Crippen LogP contribution < -0.4 is 0 Å². The first-order valence-electron chi connectivity index (χ1n) is 2.87. The SMILES string of the molecule is S=CC=NC1=CC=[C+]C=C1. The second-order valence-corrected chi connectivity index (χ2v) is 1.94. The van der Waals surface area contributed by atoms with E-state index in [1.807, 2.05) is 24.3 Å². The van der Waals surface area contributed by atoms with Gasteiger partial charge in [0.25, 0.3) is 0 Å². The molecular weight excluding hydrogens is 142 g/mol. The number of rotatable bonds is 2. The first-order chi connectivity index (χ1) is 4.93. The third-order valence-electron chi connectivity index (χ3n) is 0.985. The predicted molar refractivity (Wildman–Crippen MR) is 47.2 cm³/mol. The van der Waals surface area contributed by atoms with Crippen LogP contribution in [0.15, 0.2) is 35.0 Å². The highest BCUT2D eigenvalue weighted by Gasteiger charge is 1.95. The molecule has 0 atom stereocenters. The maximum absolute atomic E-state index is 4.57. The largest absolute Gasteiger partial charge is 0.229 e. The predicted octanol–water partition coefficient (Wildman–Crippen LogP) is 1.87. The Bertz CT molecular complexity index is 234. The minimum atomic E-state index is 0.903. The fourth-order valence-electron chi connectivity index (χ4n) is 0.581. The van der Waals surface area contributed by atoms with Gasteiger partial charge in [-0.15, -0.1) is 0 Å². The molecule has 0 aliphatic heterocycles. The van der Waals surface area contributed by atoms with Crippen molar-refractivity contribution >= 4 is 23.8 Å². The van der Waals surface area contributed by atoms with Crippen molar-refractivity contribution in [2.75, 3.05) is 0 Å². The van der Waals surface area contributed by atoms with Crippen molar-refractivity contribution in [1.82, 2.24) is 0 Å². The summed E-state index contributed by atoms with van der Waals surface area (Å²) in [6.45, 7) is 0. The normalized spacial score (nSPS) is 15.0. The molecule has 0 aromatic carbocycles. The van der Waals surface area contributed by atoms with Gasteiger partial charge in [-0.25, -0.2) is 4.99 Å². The molecule has 0 bridgehead atoms. The first-order valence-corrected chi connectivity index (χ1v) is 3.34. The summed E-state index contributed by atoms with van der Waals surface area (Å²) in [5.74, 6) is 0. The second kappa shape index (κ2) is 3.83. The van der Waals surface area contributed by atoms with Crippen LogP contribution in [0.3, 0.4) is 0 Å². The lowest BCUT2D eigenvalue weighted by Gasteiger charge is -1.82. The Kier molecular flexibility index (Phi) is 2.68. The zero-order valence-electron chi connectivity index (χ0n) is 5.32. The topological polar surface area (TPSA) is 12.4 Å². The van der Waals surface area contributed by atoms with Crippen LogP contribution in [0, 0.1) is 6.08 Å². The zero-order chi connectivity index (χ0) is 7.23. The lowest BCUT2D eigenvalue weighted by molar-refractivity contribution is 1.41. The standard InChI is InChI=1S/C8H6NS/c10-7-6-9-8-4-2-1-3-5-8/h2-7H/q+1. The van der Waals surface area contributed by atoms with E-state index in [1.54, 1.807) is 6.21 Å². The Morgan fingerprint density at radius 3 is 3.10 bits per heavy atom. The molecule has 1 aliphatic carbocycles. The Labute approximate surface area is 65.5 Å². The van der Waals surface area contributed by atoms with Crippen molar-refractivity contribution in [3.05, 3.63) is 36.1 Å². The Morgan fingerprint density at radius 1 is 1.60 bits per heavy atom. The zero-order valence-corrected chi connectivity index (χ0v) is 6.14. The minimum Gasteiger partial charge on any atom is -0.229 e. The second-order valence-electron chi connectivity index (χ2n) is 1.67. The van der Waals surface area contributed by atoms with E-state index in [4.69, 9.17) is 0 Å². The molecule has 0 radical (unpaired) electrons. The summed E-state index contributed by atoms with van der Waals surface area (Å²) in [4.78, 5) is 4.02. The van der Waals surface area contributed by atoms with Gasteiger partial charge < -0.3 is 0 Å². The van der Waals surface area contributed by atoms with E-state index in [1.165, 1.54) is 5.37 Å². The smallest absolute Gasteiger partial charge is 0.174 e. The van der Waals surface area contributed by atoms with Crippen LogP contribution in [0.5, 0.6) is 0 Å². The molecule has 10 heavy (non-hydrogen) atoms. The van der Waals surface area contributed by atoms with E-state index < -0.39 is 0 Å². The molecule has 0 fully saturated rings. The van der Waals surface area contributed by atoms with Crippen molar-refractivity contribution in [3.8, 4) is 0 Å². The van der Waals surface area contributed by atoms with Crippen molar-refractivity contribution in [1.29, 1.82) is 0 Å². The van der Waals surface area contributed by atoms with E-state index in [9.17, 15) is 0 Å². The summed E-state index contributed by atoms with van der Waals surface area (Å²) in [6.07, 6.45) is 11.9. The Hall–Kier alpha value is -1.11. The van der Waals surface area contributed by atoms with E-state index in [0.29, 0.717) is 0 Å². The molecule has 48 valence electrons. The van der Waals surface area contributed by atoms with Crippen molar-refractivity contribution in [2.24, 2.45) is 4.99 Å². The molecule has 0 saturated carbocycles. The molecule has 0 heterocycles. The molecule has 2 heteroatoms. The molecule has 0 spiro atoms. The van der Waals surface area contributed by atoms with Crippen molar-refractivity contribution in [3.63, 3.8) is 0 Å². The monoisotopic (exact) mass is 148 g/mol. The molecule has 1 rings (SSSR count). The number of thiocarbonyl (C=S) groups is 1. The summed E-state index contributed by atoms with van der Waals surface area (Å²) in [5.41, 5.74) is 0.903. The van der Waals surface area contributed by atoms with Crippen LogP contribution in [0.1, 0.15) is 0 Å². The third-order valence-corrected chi connectivity index (χ3v) is 1.11. The van der Waals surface area contributed by atoms with E-state index in [0.717, 1.165) is 5.70 Å². The lowest BCUT2D eigenvalue weighted by Crippen LogP contribution is -1.77. The molecule has 0 N–H and O–H groups in total. The molecule has 0 aromatic heterocycles. The van der Waals surface area contributed by atoms with Crippen LogP contribution >= 0.6 is 12.2 Å². The highest BCUT2D eigenvalue weighted by Crippen LogP contribution is 2.02. The van der Waals surface area contributed by atoms with Crippen LogP contribution in [0.4, 0.5) is 0 Å². The van der Waals surface area contributed by atoms with Gasteiger partial charge in [0, 0.05) is 17.7 Å². The van der Waals surface area contributed by atoms with Crippen LogP contribution in [-0.2, 0) is 0 Å². The average molecular weight is 148 g/mol. The van der Waals surface area contributed by atoms with E-state index in [-0.39, 0.29) is 0 Å². The van der Waals surface area contributed by atoms with Gasteiger partial charge in [0.1, 0.15) is 12.2 Å². The van der Waals surface area contributed by atoms with Gasteiger partial charge in [-0.2, -0.15) is 0 Å². The van der Waals surface area contributed by atoms with E-state index >= 15 is 0 Å². The van der Waals surface area contributed by atoms with Crippen LogP contribution in [-0.4, -0.2) is 11.6 Å². The fraction of sp³-hybridized carbons (Fsp3) is 0. The van der Waals surface area contributed by atoms with Crippen molar-refractivity contribution < 1.29 is 0 Å². The number of nitrogens with zero attached hydrogens (tertiary/aromatic N) is 1. The molecule has 0 saturated heterocycles. The van der Waals surface area contributed by atoms with Gasteiger partial charge in [0.05, 0.1) is 12.2 Å². The van der Waals surface area contributed by atoms with Gasteiger partial charge in [-0.05, 0) is 0 Å². The van der Waals surface area contributed by atoms with E-state index in [2.05, 4.69) is 23.3 Å². The van der Waals surface area contributed by atoms with Crippen LogP contribution in [0.2, 0.25) is 0 Å². The number of hydrogen-bond donors (Lipinski definition) is 0. The van der Waals surface area contributed by atoms with Gasteiger partial charge in [-0.3, -0.25) is 0 Å². The number of aliphatic imine (C=N–C) groups is 1. The summed E-state index contributed by atoms with van der Waals surface area (Å²) in [6, 6.07) is 0. The summed E-state index contributed by atoms with van der Waals surface area (Å²) in [7, 11) is 0. The lowest BCUT2D eigenvalue weighted by atomic mass is 10.2.